The molecule has 0 aromatic heterocycles. The van der Waals surface area contributed by atoms with Gasteiger partial charge in [-0.3, -0.25) is 4.99 Å². The molecule has 1 aliphatic rings. The fraction of sp³-hybridized carbons (Fsp3) is 0.667. The first-order valence-corrected chi connectivity index (χ1v) is 10.2. The predicted molar refractivity (Wildman–Crippen MR) is 114 cm³/mol. The van der Waals surface area contributed by atoms with Crippen LogP contribution < -0.4 is 24.8 Å². The largest absolute Gasteiger partial charge is 0.496 e. The van der Waals surface area contributed by atoms with Gasteiger partial charge in [0.05, 0.1) is 34.0 Å². The number of methoxy groups -OCH3 is 3. The van der Waals surface area contributed by atoms with Crippen LogP contribution in [0.4, 0.5) is 0 Å². The average molecular weight is 410 g/mol. The predicted octanol–water partition coefficient (Wildman–Crippen LogP) is 2.01. The highest BCUT2D eigenvalue weighted by Crippen LogP contribution is 2.34. The third kappa shape index (κ3) is 7.62. The van der Waals surface area contributed by atoms with Gasteiger partial charge < -0.3 is 34.3 Å². The van der Waals surface area contributed by atoms with Crippen LogP contribution in [0.2, 0.25) is 0 Å². The lowest BCUT2D eigenvalue weighted by molar-refractivity contribution is 0.0424. The molecule has 2 N–H and O–H groups in total. The van der Waals surface area contributed by atoms with Crippen LogP contribution in [-0.2, 0) is 15.9 Å². The number of nitrogens with zero attached hydrogens (tertiary/aromatic N) is 1. The van der Waals surface area contributed by atoms with Crippen molar-refractivity contribution in [2.75, 3.05) is 60.8 Å². The van der Waals surface area contributed by atoms with Gasteiger partial charge in [0.1, 0.15) is 17.2 Å². The first kappa shape index (κ1) is 23.1. The van der Waals surface area contributed by atoms with Crippen molar-refractivity contribution >= 4 is 5.96 Å². The molecule has 1 aromatic carbocycles. The third-order valence-corrected chi connectivity index (χ3v) is 4.64. The number of hydrogen-bond acceptors (Lipinski definition) is 6. The zero-order valence-electron chi connectivity index (χ0n) is 18.1. The Morgan fingerprint density at radius 3 is 2.48 bits per heavy atom. The standard InChI is InChI=1S/C21H35N3O5/c1-5-22-21(23-9-6-11-29-16-8-12-28-15-16)24-10-7-18-19(26-3)13-17(25-2)14-20(18)27-4/h13-14,16H,5-12,15H2,1-4H3,(H2,22,23,24). The molecule has 1 saturated heterocycles. The van der Waals surface area contributed by atoms with Crippen LogP contribution in [0.3, 0.4) is 0 Å². The molecule has 0 amide bonds. The normalized spacial score (nSPS) is 16.6. The summed E-state index contributed by atoms with van der Waals surface area (Å²) >= 11 is 0. The van der Waals surface area contributed by atoms with Gasteiger partial charge in [-0.05, 0) is 26.2 Å². The molecule has 0 bridgehead atoms. The first-order valence-electron chi connectivity index (χ1n) is 10.2. The van der Waals surface area contributed by atoms with Crippen LogP contribution in [-0.4, -0.2) is 72.8 Å². The monoisotopic (exact) mass is 409 g/mol. The smallest absolute Gasteiger partial charge is 0.191 e. The maximum atomic E-state index is 5.78. The van der Waals surface area contributed by atoms with Crippen LogP contribution in [0.5, 0.6) is 17.2 Å². The Bertz CT molecular complexity index is 608. The summed E-state index contributed by atoms with van der Waals surface area (Å²) in [6, 6.07) is 3.74. The molecule has 1 atom stereocenters. The zero-order chi connectivity index (χ0) is 20.9. The highest BCUT2D eigenvalue weighted by molar-refractivity contribution is 5.79. The number of rotatable bonds is 12. The van der Waals surface area contributed by atoms with Crippen LogP contribution in [0.15, 0.2) is 17.1 Å². The highest BCUT2D eigenvalue weighted by atomic mass is 16.5. The SMILES string of the molecule is CCNC(=NCCCOC1CCOC1)NCCc1c(OC)cc(OC)cc1OC. The van der Waals surface area contributed by atoms with Gasteiger partial charge in [-0.15, -0.1) is 0 Å². The number of guanidine groups is 1. The van der Waals surface area contributed by atoms with Gasteiger partial charge in [0.15, 0.2) is 5.96 Å². The Hall–Kier alpha value is -2.19. The molecule has 1 unspecified atom stereocenters. The van der Waals surface area contributed by atoms with Crippen LogP contribution >= 0.6 is 0 Å². The van der Waals surface area contributed by atoms with Crippen LogP contribution in [0.1, 0.15) is 25.3 Å². The van der Waals surface area contributed by atoms with Crippen molar-refractivity contribution in [3.05, 3.63) is 17.7 Å². The van der Waals surface area contributed by atoms with Gasteiger partial charge in [-0.1, -0.05) is 0 Å². The lowest BCUT2D eigenvalue weighted by Crippen LogP contribution is -2.38. The summed E-state index contributed by atoms with van der Waals surface area (Å²) in [5.41, 5.74) is 0.992. The minimum absolute atomic E-state index is 0.250. The van der Waals surface area contributed by atoms with Crippen molar-refractivity contribution in [3.8, 4) is 17.2 Å². The summed E-state index contributed by atoms with van der Waals surface area (Å²) in [5.74, 6) is 3.00. The second kappa shape index (κ2) is 13.1. The molecular weight excluding hydrogens is 374 g/mol. The van der Waals surface area contributed by atoms with Crippen molar-refractivity contribution in [3.63, 3.8) is 0 Å². The number of hydrogen-bond donors (Lipinski definition) is 2. The van der Waals surface area contributed by atoms with E-state index in [1.54, 1.807) is 21.3 Å². The van der Waals surface area contributed by atoms with E-state index >= 15 is 0 Å². The molecule has 164 valence electrons. The Morgan fingerprint density at radius 2 is 1.90 bits per heavy atom. The molecule has 1 aromatic rings. The minimum atomic E-state index is 0.250. The maximum absolute atomic E-state index is 5.78. The van der Waals surface area contributed by atoms with E-state index in [4.69, 9.17) is 23.7 Å². The summed E-state index contributed by atoms with van der Waals surface area (Å²) in [4.78, 5) is 4.62. The van der Waals surface area contributed by atoms with Gasteiger partial charge in [0.2, 0.25) is 0 Å². The molecule has 29 heavy (non-hydrogen) atoms. The maximum Gasteiger partial charge on any atom is 0.191 e. The van der Waals surface area contributed by atoms with E-state index < -0.39 is 0 Å². The quantitative estimate of drug-likeness (QED) is 0.310. The number of nitrogens with one attached hydrogen (secondary N) is 2. The third-order valence-electron chi connectivity index (χ3n) is 4.64. The highest BCUT2D eigenvalue weighted by Gasteiger charge is 2.15. The van der Waals surface area contributed by atoms with E-state index in [0.717, 1.165) is 55.4 Å². The molecule has 8 nitrogen and oxygen atoms in total. The summed E-state index contributed by atoms with van der Waals surface area (Å²) < 4.78 is 27.4. The molecule has 0 radical (unpaired) electrons. The zero-order valence-corrected chi connectivity index (χ0v) is 18.1. The summed E-state index contributed by atoms with van der Waals surface area (Å²) in [5, 5.41) is 6.64. The van der Waals surface area contributed by atoms with Gasteiger partial charge >= 0.3 is 0 Å². The molecule has 1 fully saturated rings. The molecule has 8 heteroatoms. The van der Waals surface area contributed by atoms with E-state index in [9.17, 15) is 0 Å². The van der Waals surface area contributed by atoms with Crippen LogP contribution in [0, 0.1) is 0 Å². The lowest BCUT2D eigenvalue weighted by atomic mass is 10.1. The molecule has 0 saturated carbocycles. The fourth-order valence-corrected chi connectivity index (χ4v) is 3.12. The van der Waals surface area contributed by atoms with Crippen molar-refractivity contribution < 1.29 is 23.7 Å². The van der Waals surface area contributed by atoms with Crippen molar-refractivity contribution in [2.45, 2.75) is 32.3 Å². The second-order valence-electron chi connectivity index (χ2n) is 6.66. The van der Waals surface area contributed by atoms with E-state index in [0.29, 0.717) is 32.1 Å². The van der Waals surface area contributed by atoms with Crippen molar-refractivity contribution in [1.29, 1.82) is 0 Å². The molecule has 1 aliphatic heterocycles. The summed E-state index contributed by atoms with van der Waals surface area (Å²) in [6.07, 6.45) is 2.85. The van der Waals surface area contributed by atoms with Gasteiger partial charge in [-0.25, -0.2) is 0 Å². The Kier molecular flexibility index (Phi) is 10.4. The molecule has 0 aliphatic carbocycles. The Labute approximate surface area is 173 Å². The summed E-state index contributed by atoms with van der Waals surface area (Å²) in [6.45, 7) is 6.48. The van der Waals surface area contributed by atoms with Gasteiger partial charge in [0, 0.05) is 50.5 Å². The molecule has 2 rings (SSSR count). The first-order chi connectivity index (χ1) is 14.2. The molecule has 0 spiro atoms. The Morgan fingerprint density at radius 1 is 1.14 bits per heavy atom. The fourth-order valence-electron chi connectivity index (χ4n) is 3.12. The Balaban J connectivity index is 1.83. The lowest BCUT2D eigenvalue weighted by Gasteiger charge is -2.16. The number of benzene rings is 1. The number of ether oxygens (including phenoxy) is 5. The summed E-state index contributed by atoms with van der Waals surface area (Å²) in [7, 11) is 4.92. The van der Waals surface area contributed by atoms with Crippen LogP contribution in [0.25, 0.3) is 0 Å². The van der Waals surface area contributed by atoms with Crippen molar-refractivity contribution in [1.82, 2.24) is 10.6 Å². The second-order valence-corrected chi connectivity index (χ2v) is 6.66. The van der Waals surface area contributed by atoms with E-state index in [1.165, 1.54) is 0 Å². The van der Waals surface area contributed by atoms with E-state index in [1.807, 2.05) is 12.1 Å². The number of aliphatic imine (C=N–C) groups is 1. The molecular formula is C21H35N3O5. The topological polar surface area (TPSA) is 82.6 Å². The minimum Gasteiger partial charge on any atom is -0.496 e. The van der Waals surface area contributed by atoms with E-state index in [2.05, 4.69) is 22.5 Å². The van der Waals surface area contributed by atoms with Gasteiger partial charge in [-0.2, -0.15) is 0 Å². The average Bonchev–Trinajstić information content (AvgIpc) is 3.26. The van der Waals surface area contributed by atoms with Crippen molar-refractivity contribution in [2.24, 2.45) is 4.99 Å². The molecule has 1 heterocycles. The van der Waals surface area contributed by atoms with E-state index in [-0.39, 0.29) is 6.10 Å². The van der Waals surface area contributed by atoms with Gasteiger partial charge in [0.25, 0.3) is 0 Å².